The first-order valence-corrected chi connectivity index (χ1v) is 18.7. The van der Waals surface area contributed by atoms with E-state index in [1.807, 2.05) is 53.1 Å². The average Bonchev–Trinajstić information content (AvgIpc) is 3.32. The van der Waals surface area contributed by atoms with Gasteiger partial charge in [-0.05, 0) is 80.7 Å². The second kappa shape index (κ2) is 15.3. The molecule has 0 spiro atoms. The summed E-state index contributed by atoms with van der Waals surface area (Å²) in [4.78, 5) is 48.8. The first-order valence-electron chi connectivity index (χ1n) is 18.7. The molecule has 51 heavy (non-hydrogen) atoms. The van der Waals surface area contributed by atoms with Crippen LogP contribution >= 0.6 is 0 Å². The number of fused-ring (bicyclic) bond motifs is 2. The van der Waals surface area contributed by atoms with Gasteiger partial charge in [-0.25, -0.2) is 9.59 Å². The van der Waals surface area contributed by atoms with E-state index in [2.05, 4.69) is 15.5 Å². The number of carbonyl (C=O) groups excluding carboxylic acids is 3. The molecular weight excluding hydrogens is 652 g/mol. The summed E-state index contributed by atoms with van der Waals surface area (Å²) in [7, 11) is 0. The number of nitrogens with zero attached hydrogens (tertiary/aromatic N) is 4. The Morgan fingerprint density at radius 3 is 2.43 bits per heavy atom. The largest absolute Gasteiger partial charge is 0.490 e. The first-order chi connectivity index (χ1) is 24.7. The summed E-state index contributed by atoms with van der Waals surface area (Å²) < 4.78 is 12.0. The molecule has 276 valence electrons. The van der Waals surface area contributed by atoms with Crippen LogP contribution in [-0.2, 0) is 22.4 Å². The fraction of sp³-hybridized carbons (Fsp3) is 0.605. The number of benzene rings is 2. The van der Waals surface area contributed by atoms with Crippen LogP contribution in [-0.4, -0.2) is 137 Å². The van der Waals surface area contributed by atoms with E-state index < -0.39 is 17.8 Å². The number of hydrogen-bond acceptors (Lipinski definition) is 9. The SMILES string of the molecule is Cc1cc(C[C@@H](OC(=O)N2CCC(N3CCc4ccccc4NC3=O)CC2)C(=O)N2CCC(N3CCC(O)(CO)CC3)CC2)cc2c1NCCO2. The summed E-state index contributed by atoms with van der Waals surface area (Å²) in [5, 5.41) is 26.5. The van der Waals surface area contributed by atoms with Gasteiger partial charge >= 0.3 is 12.1 Å². The highest BCUT2D eigenvalue weighted by atomic mass is 16.6. The van der Waals surface area contributed by atoms with Crippen molar-refractivity contribution in [3.8, 4) is 5.75 Å². The van der Waals surface area contributed by atoms with Crippen molar-refractivity contribution in [1.29, 1.82) is 0 Å². The van der Waals surface area contributed by atoms with Crippen molar-refractivity contribution < 1.29 is 34.1 Å². The number of rotatable bonds is 7. The molecule has 0 saturated carbocycles. The highest BCUT2D eigenvalue weighted by molar-refractivity contribution is 5.91. The number of carbonyl (C=O) groups is 3. The van der Waals surface area contributed by atoms with E-state index >= 15 is 0 Å². The maximum Gasteiger partial charge on any atom is 0.410 e. The number of aliphatic hydroxyl groups is 2. The van der Waals surface area contributed by atoms with Gasteiger partial charge in [-0.3, -0.25) is 4.79 Å². The maximum atomic E-state index is 14.2. The van der Waals surface area contributed by atoms with Crippen LogP contribution < -0.4 is 15.4 Å². The van der Waals surface area contributed by atoms with E-state index in [4.69, 9.17) is 9.47 Å². The highest BCUT2D eigenvalue weighted by Gasteiger charge is 2.38. The Kier molecular flexibility index (Phi) is 10.6. The van der Waals surface area contributed by atoms with Crippen molar-refractivity contribution in [2.45, 2.75) is 82.1 Å². The van der Waals surface area contributed by atoms with Crippen LogP contribution in [0.3, 0.4) is 0 Å². The lowest BCUT2D eigenvalue weighted by molar-refractivity contribution is -0.143. The highest BCUT2D eigenvalue weighted by Crippen LogP contribution is 2.33. The third-order valence-corrected chi connectivity index (χ3v) is 11.6. The normalized spacial score (nSPS) is 22.1. The van der Waals surface area contributed by atoms with E-state index in [9.17, 15) is 24.6 Å². The zero-order valence-corrected chi connectivity index (χ0v) is 29.6. The summed E-state index contributed by atoms with van der Waals surface area (Å²) in [5.74, 6) is 0.548. The predicted molar refractivity (Wildman–Crippen MR) is 192 cm³/mol. The minimum absolute atomic E-state index is 0.00603. The number of likely N-dealkylation sites (tertiary alicyclic amines) is 3. The minimum atomic E-state index is -0.996. The van der Waals surface area contributed by atoms with Gasteiger partial charge in [0.05, 0.1) is 17.9 Å². The molecule has 5 aliphatic rings. The first kappa shape index (κ1) is 35.3. The van der Waals surface area contributed by atoms with Crippen LogP contribution in [0.1, 0.15) is 55.2 Å². The molecule has 0 unspecified atom stereocenters. The fourth-order valence-electron chi connectivity index (χ4n) is 8.43. The number of aliphatic hydroxyl groups excluding tert-OH is 1. The number of para-hydroxylation sites is 1. The third kappa shape index (κ3) is 7.90. The van der Waals surface area contributed by atoms with Crippen molar-refractivity contribution in [3.63, 3.8) is 0 Å². The Labute approximate surface area is 299 Å². The molecule has 5 aliphatic heterocycles. The molecule has 13 nitrogen and oxygen atoms in total. The number of urea groups is 1. The standard InChI is InChI=1S/C38H52N6O7/c1-26-22-27(23-32-34(26)39-13-21-50-32)24-33(35(46)42-14-7-29(8-15-42)41-19-11-38(49,25-45)12-20-41)51-37(48)43-16-9-30(10-17-43)44-18-6-28-4-2-3-5-31(28)40-36(44)47/h2-5,22-23,29-30,33,39,45,49H,6-21,24-25H2,1H3,(H,40,47)/t33-/m1/s1. The number of ether oxygens (including phenoxy) is 2. The lowest BCUT2D eigenvalue weighted by atomic mass is 9.90. The molecule has 3 saturated heterocycles. The van der Waals surface area contributed by atoms with Crippen LogP contribution in [0, 0.1) is 6.92 Å². The molecule has 4 N–H and O–H groups in total. The lowest BCUT2D eigenvalue weighted by Crippen LogP contribution is -2.54. The molecule has 7 rings (SSSR count). The topological polar surface area (TPSA) is 147 Å². The molecule has 0 aliphatic carbocycles. The molecule has 0 radical (unpaired) electrons. The van der Waals surface area contributed by atoms with Gasteiger partial charge in [0.15, 0.2) is 6.10 Å². The summed E-state index contributed by atoms with van der Waals surface area (Å²) in [5.41, 5.74) is 3.81. The minimum Gasteiger partial charge on any atom is -0.490 e. The number of aryl methyl sites for hydroxylation is 1. The Morgan fingerprint density at radius 1 is 0.980 bits per heavy atom. The second-order valence-electron chi connectivity index (χ2n) is 14.9. The third-order valence-electron chi connectivity index (χ3n) is 11.6. The average molecular weight is 705 g/mol. The Balaban J connectivity index is 0.991. The van der Waals surface area contributed by atoms with Gasteiger partial charge in [-0.2, -0.15) is 0 Å². The van der Waals surface area contributed by atoms with E-state index in [1.165, 1.54) is 0 Å². The van der Waals surface area contributed by atoms with Gasteiger partial charge in [0.1, 0.15) is 12.4 Å². The van der Waals surface area contributed by atoms with Crippen LogP contribution in [0.15, 0.2) is 36.4 Å². The molecule has 5 heterocycles. The monoisotopic (exact) mass is 704 g/mol. The van der Waals surface area contributed by atoms with Gasteiger partial charge in [-0.15, -0.1) is 0 Å². The molecule has 13 heteroatoms. The Hall–Kier alpha value is -4.07. The smallest absolute Gasteiger partial charge is 0.410 e. The van der Waals surface area contributed by atoms with Crippen molar-refractivity contribution >= 4 is 29.4 Å². The van der Waals surface area contributed by atoms with Crippen LogP contribution in [0.4, 0.5) is 21.0 Å². The van der Waals surface area contributed by atoms with E-state index in [1.54, 1.807) is 4.90 Å². The van der Waals surface area contributed by atoms with Gasteiger partial charge in [0.25, 0.3) is 5.91 Å². The van der Waals surface area contributed by atoms with Gasteiger partial charge in [0, 0.05) is 76.5 Å². The Morgan fingerprint density at radius 2 is 1.69 bits per heavy atom. The number of hydrogen-bond donors (Lipinski definition) is 4. The van der Waals surface area contributed by atoms with Crippen LogP contribution in [0.25, 0.3) is 0 Å². The molecule has 1 atom stereocenters. The van der Waals surface area contributed by atoms with Crippen molar-refractivity contribution in [1.82, 2.24) is 19.6 Å². The maximum absolute atomic E-state index is 14.2. The molecule has 2 aromatic rings. The van der Waals surface area contributed by atoms with Gasteiger partial charge in [-0.1, -0.05) is 24.3 Å². The Bertz CT molecular complexity index is 1580. The number of anilines is 2. The quantitative estimate of drug-likeness (QED) is 0.341. The van der Waals surface area contributed by atoms with Crippen LogP contribution in [0.2, 0.25) is 0 Å². The molecule has 0 bridgehead atoms. The molecule has 0 aromatic heterocycles. The fourth-order valence-corrected chi connectivity index (χ4v) is 8.43. The molecule has 3 fully saturated rings. The lowest BCUT2D eigenvalue weighted by Gasteiger charge is -2.44. The summed E-state index contributed by atoms with van der Waals surface area (Å²) >= 11 is 0. The summed E-state index contributed by atoms with van der Waals surface area (Å²) in [6.07, 6.45) is 3.43. The van der Waals surface area contributed by atoms with Crippen molar-refractivity contribution in [3.05, 3.63) is 53.1 Å². The van der Waals surface area contributed by atoms with Gasteiger partial charge in [0.2, 0.25) is 0 Å². The summed E-state index contributed by atoms with van der Waals surface area (Å²) in [6, 6.07) is 12.0. The van der Waals surface area contributed by atoms with Crippen LogP contribution in [0.5, 0.6) is 5.75 Å². The molecular formula is C38H52N6O7. The van der Waals surface area contributed by atoms with Crippen molar-refractivity contribution in [2.75, 3.05) is 76.2 Å². The predicted octanol–water partition coefficient (Wildman–Crippen LogP) is 3.21. The number of nitrogens with one attached hydrogen (secondary N) is 2. The molecule has 4 amide bonds. The number of amides is 4. The zero-order valence-electron chi connectivity index (χ0n) is 29.6. The molecule has 2 aromatic carbocycles. The summed E-state index contributed by atoms with van der Waals surface area (Å²) in [6.45, 7) is 7.12. The van der Waals surface area contributed by atoms with E-state index in [-0.39, 0.29) is 31.0 Å². The van der Waals surface area contributed by atoms with Gasteiger partial charge < -0.3 is 49.9 Å². The van der Waals surface area contributed by atoms with E-state index in [0.29, 0.717) is 71.1 Å². The second-order valence-corrected chi connectivity index (χ2v) is 14.9. The van der Waals surface area contributed by atoms with E-state index in [0.717, 1.165) is 72.7 Å². The van der Waals surface area contributed by atoms with Crippen molar-refractivity contribution in [2.24, 2.45) is 0 Å². The zero-order chi connectivity index (χ0) is 35.5. The number of piperidine rings is 3.